The number of benzene rings is 1. The first-order valence-electron chi connectivity index (χ1n) is 8.32. The Morgan fingerprint density at radius 1 is 1.27 bits per heavy atom. The number of thioether (sulfide) groups is 1. The highest BCUT2D eigenvalue weighted by Crippen LogP contribution is 2.21. The van der Waals surface area contributed by atoms with E-state index in [1.807, 2.05) is 18.8 Å². The van der Waals surface area contributed by atoms with E-state index >= 15 is 0 Å². The number of piperidine rings is 1. The lowest BCUT2D eigenvalue weighted by Gasteiger charge is -2.34. The summed E-state index contributed by atoms with van der Waals surface area (Å²) in [4.78, 5) is 6.86. The van der Waals surface area contributed by atoms with E-state index in [1.165, 1.54) is 37.0 Å². The quantitative estimate of drug-likeness (QED) is 0.495. The van der Waals surface area contributed by atoms with Crippen molar-refractivity contribution in [1.82, 2.24) is 10.2 Å². The Morgan fingerprint density at radius 2 is 2.00 bits per heavy atom. The minimum Gasteiger partial charge on any atom is -0.356 e. The summed E-state index contributed by atoms with van der Waals surface area (Å²) in [5, 5.41) is 3.50. The number of hydrogen-bond acceptors (Lipinski definition) is 2. The van der Waals surface area contributed by atoms with Crippen molar-refractivity contribution in [3.05, 3.63) is 35.9 Å². The van der Waals surface area contributed by atoms with Crippen LogP contribution in [-0.2, 0) is 6.42 Å². The highest BCUT2D eigenvalue weighted by atomic mass is 32.2. The summed E-state index contributed by atoms with van der Waals surface area (Å²) < 4.78 is 0. The molecule has 2 rings (SSSR count). The Hall–Kier alpha value is -1.16. The van der Waals surface area contributed by atoms with Gasteiger partial charge in [0.1, 0.15) is 0 Å². The van der Waals surface area contributed by atoms with E-state index in [0.29, 0.717) is 0 Å². The van der Waals surface area contributed by atoms with Gasteiger partial charge in [-0.1, -0.05) is 30.3 Å². The maximum absolute atomic E-state index is 4.44. The lowest BCUT2D eigenvalue weighted by molar-refractivity contribution is 0.259. The Bertz CT molecular complexity index is 439. The highest BCUT2D eigenvalue weighted by Gasteiger charge is 2.21. The van der Waals surface area contributed by atoms with Gasteiger partial charge in [-0.15, -0.1) is 0 Å². The standard InChI is InChI=1S/C18H29N3S/c1-19-18(20-11-6-14-22-2)21-12-9-17(10-13-21)15-16-7-4-3-5-8-16/h3-5,7-8,17H,6,9-15H2,1-2H3,(H,19,20). The maximum atomic E-state index is 4.44. The van der Waals surface area contributed by atoms with E-state index in [0.717, 1.165) is 31.5 Å². The normalized spacial score (nSPS) is 16.8. The Balaban J connectivity index is 1.73. The summed E-state index contributed by atoms with van der Waals surface area (Å²) in [6.07, 6.45) is 7.10. The minimum absolute atomic E-state index is 0.813. The van der Waals surface area contributed by atoms with Gasteiger partial charge < -0.3 is 10.2 Å². The molecule has 0 amide bonds. The summed E-state index contributed by atoms with van der Waals surface area (Å²) in [6, 6.07) is 10.9. The summed E-state index contributed by atoms with van der Waals surface area (Å²) >= 11 is 1.90. The van der Waals surface area contributed by atoms with Crippen molar-refractivity contribution < 1.29 is 0 Å². The van der Waals surface area contributed by atoms with Crippen molar-refractivity contribution in [3.63, 3.8) is 0 Å². The average molecular weight is 320 g/mol. The Labute approximate surface area is 139 Å². The lowest BCUT2D eigenvalue weighted by Crippen LogP contribution is -2.46. The molecule has 0 aromatic heterocycles. The monoisotopic (exact) mass is 319 g/mol. The number of guanidine groups is 1. The van der Waals surface area contributed by atoms with Gasteiger partial charge in [-0.2, -0.15) is 11.8 Å². The summed E-state index contributed by atoms with van der Waals surface area (Å²) in [6.45, 7) is 3.27. The average Bonchev–Trinajstić information content (AvgIpc) is 2.57. The zero-order valence-corrected chi connectivity index (χ0v) is 14.7. The minimum atomic E-state index is 0.813. The smallest absolute Gasteiger partial charge is 0.193 e. The van der Waals surface area contributed by atoms with Crippen LogP contribution < -0.4 is 5.32 Å². The van der Waals surface area contributed by atoms with E-state index in [9.17, 15) is 0 Å². The highest BCUT2D eigenvalue weighted by molar-refractivity contribution is 7.98. The summed E-state index contributed by atoms with van der Waals surface area (Å²) in [7, 11) is 1.90. The van der Waals surface area contributed by atoms with Crippen LogP contribution >= 0.6 is 11.8 Å². The second kappa shape index (κ2) is 9.78. The first kappa shape index (κ1) is 17.2. The SMILES string of the molecule is CN=C(NCCCSC)N1CCC(Cc2ccccc2)CC1. The second-order valence-corrected chi connectivity index (χ2v) is 6.93. The van der Waals surface area contributed by atoms with E-state index < -0.39 is 0 Å². The van der Waals surface area contributed by atoms with Crippen LogP contribution in [0, 0.1) is 5.92 Å². The largest absolute Gasteiger partial charge is 0.356 e. The molecule has 0 spiro atoms. The van der Waals surface area contributed by atoms with Crippen LogP contribution in [0.15, 0.2) is 35.3 Å². The number of hydrogen-bond donors (Lipinski definition) is 1. The van der Waals surface area contributed by atoms with E-state index in [2.05, 4.69) is 51.8 Å². The molecule has 0 saturated carbocycles. The van der Waals surface area contributed by atoms with E-state index in [-0.39, 0.29) is 0 Å². The van der Waals surface area contributed by atoms with Gasteiger partial charge in [0.25, 0.3) is 0 Å². The number of rotatable bonds is 6. The molecule has 1 N–H and O–H groups in total. The van der Waals surface area contributed by atoms with Crippen LogP contribution in [0.3, 0.4) is 0 Å². The molecule has 1 fully saturated rings. The lowest BCUT2D eigenvalue weighted by atomic mass is 9.90. The number of likely N-dealkylation sites (tertiary alicyclic amines) is 1. The molecular formula is C18H29N3S. The van der Waals surface area contributed by atoms with Gasteiger partial charge in [0.2, 0.25) is 0 Å². The number of aliphatic imine (C=N–C) groups is 1. The number of nitrogens with one attached hydrogen (secondary N) is 1. The van der Waals surface area contributed by atoms with Crippen LogP contribution in [0.4, 0.5) is 0 Å². The fraction of sp³-hybridized carbons (Fsp3) is 0.611. The zero-order chi connectivity index (χ0) is 15.6. The van der Waals surface area contributed by atoms with Crippen molar-refractivity contribution in [3.8, 4) is 0 Å². The molecule has 1 aliphatic heterocycles. The Morgan fingerprint density at radius 3 is 2.64 bits per heavy atom. The van der Waals surface area contributed by atoms with E-state index in [1.54, 1.807) is 0 Å². The van der Waals surface area contributed by atoms with Crippen molar-refractivity contribution in [1.29, 1.82) is 0 Å². The molecule has 0 unspecified atom stereocenters. The van der Waals surface area contributed by atoms with Gasteiger partial charge in [0.05, 0.1) is 0 Å². The third-order valence-electron chi connectivity index (χ3n) is 4.30. The van der Waals surface area contributed by atoms with Crippen molar-refractivity contribution in [2.75, 3.05) is 38.7 Å². The molecule has 1 saturated heterocycles. The molecule has 1 aliphatic rings. The molecule has 122 valence electrons. The molecular weight excluding hydrogens is 290 g/mol. The molecule has 0 bridgehead atoms. The molecule has 4 heteroatoms. The van der Waals surface area contributed by atoms with Crippen LogP contribution in [0.2, 0.25) is 0 Å². The van der Waals surface area contributed by atoms with E-state index in [4.69, 9.17) is 0 Å². The van der Waals surface area contributed by atoms with Crippen LogP contribution in [0.1, 0.15) is 24.8 Å². The van der Waals surface area contributed by atoms with Gasteiger partial charge in [-0.05, 0) is 49.2 Å². The third-order valence-corrected chi connectivity index (χ3v) is 5.00. The fourth-order valence-corrected chi connectivity index (χ4v) is 3.48. The molecule has 1 aromatic carbocycles. The predicted octanol–water partition coefficient (Wildman–Crippen LogP) is 3.27. The first-order valence-corrected chi connectivity index (χ1v) is 9.71. The van der Waals surface area contributed by atoms with Crippen molar-refractivity contribution >= 4 is 17.7 Å². The van der Waals surface area contributed by atoms with Crippen LogP contribution in [0.25, 0.3) is 0 Å². The van der Waals surface area contributed by atoms with Gasteiger partial charge in [-0.25, -0.2) is 0 Å². The molecule has 22 heavy (non-hydrogen) atoms. The van der Waals surface area contributed by atoms with Gasteiger partial charge in [0, 0.05) is 26.7 Å². The Kier molecular flexibility index (Phi) is 7.64. The van der Waals surface area contributed by atoms with Gasteiger partial charge in [-0.3, -0.25) is 4.99 Å². The molecule has 0 aliphatic carbocycles. The summed E-state index contributed by atoms with van der Waals surface area (Å²) in [5.74, 6) is 3.11. The van der Waals surface area contributed by atoms with Crippen LogP contribution in [-0.4, -0.2) is 49.6 Å². The molecule has 0 atom stereocenters. The fourth-order valence-electron chi connectivity index (χ4n) is 3.05. The molecule has 0 radical (unpaired) electrons. The maximum Gasteiger partial charge on any atom is 0.193 e. The van der Waals surface area contributed by atoms with Gasteiger partial charge in [0.15, 0.2) is 5.96 Å². The van der Waals surface area contributed by atoms with Crippen molar-refractivity contribution in [2.24, 2.45) is 10.9 Å². The molecule has 1 aromatic rings. The second-order valence-electron chi connectivity index (χ2n) is 5.94. The topological polar surface area (TPSA) is 27.6 Å². The zero-order valence-electron chi connectivity index (χ0n) is 13.9. The number of nitrogens with zero attached hydrogens (tertiary/aromatic N) is 2. The van der Waals surface area contributed by atoms with Crippen LogP contribution in [0.5, 0.6) is 0 Å². The third kappa shape index (κ3) is 5.56. The summed E-state index contributed by atoms with van der Waals surface area (Å²) in [5.41, 5.74) is 1.47. The first-order chi connectivity index (χ1) is 10.8. The predicted molar refractivity (Wildman–Crippen MR) is 98.8 cm³/mol. The van der Waals surface area contributed by atoms with Gasteiger partial charge >= 0.3 is 0 Å². The van der Waals surface area contributed by atoms with Crippen molar-refractivity contribution in [2.45, 2.75) is 25.7 Å². The molecule has 1 heterocycles. The molecule has 3 nitrogen and oxygen atoms in total.